The van der Waals surface area contributed by atoms with Crippen LogP contribution in [0.25, 0.3) is 10.8 Å². The molecule has 7 nitrogen and oxygen atoms in total. The van der Waals surface area contributed by atoms with Gasteiger partial charge in [0.1, 0.15) is 5.69 Å². The largest absolute Gasteiger partial charge is 0.480 e. The van der Waals surface area contributed by atoms with Crippen LogP contribution in [-0.2, 0) is 4.79 Å². The molecular weight excluding hydrogens is 296 g/mol. The average Bonchev–Trinajstić information content (AvgIpc) is 3.03. The van der Waals surface area contributed by atoms with E-state index in [2.05, 4.69) is 10.3 Å². The number of aliphatic hydroxyl groups excluding tert-OH is 1. The number of aromatic nitrogens is 1. The monoisotopic (exact) mass is 310 g/mol. The highest BCUT2D eigenvalue weighted by molar-refractivity contribution is 7.15. The van der Waals surface area contributed by atoms with Crippen molar-refractivity contribution in [3.05, 3.63) is 29.0 Å². The molecule has 1 amide bonds. The highest BCUT2D eigenvalue weighted by Crippen LogP contribution is 2.27. The van der Waals surface area contributed by atoms with Gasteiger partial charge in [0.2, 0.25) is 0 Å². The van der Waals surface area contributed by atoms with Crippen LogP contribution in [0.4, 0.5) is 0 Å². The van der Waals surface area contributed by atoms with Crippen molar-refractivity contribution in [2.24, 2.45) is 0 Å². The van der Waals surface area contributed by atoms with E-state index >= 15 is 0 Å². The Hall–Kier alpha value is -2.19. The minimum absolute atomic E-state index is 0.123. The van der Waals surface area contributed by atoms with E-state index < -0.39 is 24.0 Å². The van der Waals surface area contributed by atoms with Crippen molar-refractivity contribution in [2.75, 3.05) is 0 Å². The summed E-state index contributed by atoms with van der Waals surface area (Å²) in [6.45, 7) is 3.00. The van der Waals surface area contributed by atoms with Gasteiger partial charge in [-0.1, -0.05) is 0 Å². The third kappa shape index (κ3) is 3.29. The summed E-state index contributed by atoms with van der Waals surface area (Å²) < 4.78 is 5.21. The summed E-state index contributed by atoms with van der Waals surface area (Å²) in [6, 6.07) is 2.04. The average molecular weight is 310 g/mol. The zero-order valence-corrected chi connectivity index (χ0v) is 12.2. The Bertz CT molecular complexity index is 648. The topological polar surface area (TPSA) is 113 Å². The van der Waals surface area contributed by atoms with Crippen LogP contribution in [0.5, 0.6) is 0 Å². The Kier molecular flexibility index (Phi) is 4.39. The van der Waals surface area contributed by atoms with E-state index in [1.165, 1.54) is 24.5 Å². The van der Waals surface area contributed by atoms with Crippen LogP contribution in [0.1, 0.15) is 22.3 Å². The first-order chi connectivity index (χ1) is 9.90. The molecule has 2 aromatic rings. The predicted molar refractivity (Wildman–Crippen MR) is 75.1 cm³/mol. The number of hydrogen-bond acceptors (Lipinski definition) is 6. The number of nitrogens with one attached hydrogen (secondary N) is 1. The van der Waals surface area contributed by atoms with Gasteiger partial charge in [-0.25, -0.2) is 9.78 Å². The maximum Gasteiger partial charge on any atom is 0.328 e. The number of carbonyl (C=O) groups is 2. The molecule has 2 atom stereocenters. The number of rotatable bonds is 5. The number of aryl methyl sites for hydroxylation is 1. The lowest BCUT2D eigenvalue weighted by atomic mass is 10.2. The lowest BCUT2D eigenvalue weighted by Gasteiger charge is -2.16. The van der Waals surface area contributed by atoms with Crippen molar-refractivity contribution in [3.63, 3.8) is 0 Å². The lowest BCUT2D eigenvalue weighted by Crippen LogP contribution is -2.47. The van der Waals surface area contributed by atoms with Crippen LogP contribution in [0, 0.1) is 6.92 Å². The van der Waals surface area contributed by atoms with E-state index in [0.717, 1.165) is 0 Å². The molecule has 0 aliphatic heterocycles. The number of furan rings is 1. The number of hydrogen-bond donors (Lipinski definition) is 3. The molecule has 21 heavy (non-hydrogen) atoms. The van der Waals surface area contributed by atoms with Gasteiger partial charge in [0.05, 0.1) is 12.4 Å². The van der Waals surface area contributed by atoms with E-state index in [4.69, 9.17) is 9.52 Å². The Labute approximate surface area is 124 Å². The molecule has 2 heterocycles. The van der Waals surface area contributed by atoms with Crippen molar-refractivity contribution in [3.8, 4) is 10.8 Å². The van der Waals surface area contributed by atoms with Gasteiger partial charge in [-0.15, -0.1) is 11.3 Å². The molecule has 0 aliphatic carbocycles. The molecule has 0 saturated heterocycles. The van der Waals surface area contributed by atoms with Crippen LogP contribution in [-0.4, -0.2) is 39.2 Å². The van der Waals surface area contributed by atoms with Gasteiger partial charge in [-0.2, -0.15) is 0 Å². The molecule has 2 unspecified atom stereocenters. The zero-order chi connectivity index (χ0) is 15.6. The predicted octanol–water partition coefficient (Wildman–Crippen LogP) is 1.28. The van der Waals surface area contributed by atoms with Gasteiger partial charge in [0, 0.05) is 4.88 Å². The van der Waals surface area contributed by atoms with Gasteiger partial charge in [-0.05, 0) is 26.0 Å². The van der Waals surface area contributed by atoms with Crippen LogP contribution < -0.4 is 5.32 Å². The van der Waals surface area contributed by atoms with E-state index in [1.54, 1.807) is 19.1 Å². The minimum Gasteiger partial charge on any atom is -0.480 e. The van der Waals surface area contributed by atoms with E-state index in [9.17, 15) is 14.7 Å². The third-order valence-electron chi connectivity index (χ3n) is 2.78. The molecule has 8 heteroatoms. The second-order valence-electron chi connectivity index (χ2n) is 4.43. The van der Waals surface area contributed by atoms with E-state index in [0.29, 0.717) is 15.6 Å². The summed E-state index contributed by atoms with van der Waals surface area (Å²) in [6.07, 6.45) is 0.287. The summed E-state index contributed by atoms with van der Waals surface area (Å²) in [4.78, 5) is 27.9. The van der Waals surface area contributed by atoms with Crippen LogP contribution in [0.2, 0.25) is 0 Å². The normalized spacial score (nSPS) is 13.7. The Morgan fingerprint density at radius 2 is 2.19 bits per heavy atom. The number of nitrogens with zero attached hydrogens (tertiary/aromatic N) is 1. The number of carbonyl (C=O) groups excluding carboxylic acids is 1. The molecule has 112 valence electrons. The van der Waals surface area contributed by atoms with Crippen LogP contribution in [0.15, 0.2) is 22.8 Å². The maximum absolute atomic E-state index is 12.1. The Morgan fingerprint density at radius 1 is 1.48 bits per heavy atom. The minimum atomic E-state index is -1.38. The first-order valence-corrected chi connectivity index (χ1v) is 6.95. The number of amides is 1. The van der Waals surface area contributed by atoms with Crippen molar-refractivity contribution in [1.29, 1.82) is 0 Å². The summed E-state index contributed by atoms with van der Waals surface area (Å²) in [5.41, 5.74) is 0.123. The number of carboxylic acid groups (broad SMARTS) is 1. The molecule has 0 aromatic carbocycles. The van der Waals surface area contributed by atoms with E-state index in [1.807, 2.05) is 0 Å². The number of thiazole rings is 1. The molecule has 2 rings (SSSR count). The van der Waals surface area contributed by atoms with Crippen molar-refractivity contribution in [1.82, 2.24) is 10.3 Å². The van der Waals surface area contributed by atoms with Gasteiger partial charge in [0.15, 0.2) is 16.8 Å². The summed E-state index contributed by atoms with van der Waals surface area (Å²) >= 11 is 1.27. The number of aliphatic hydroxyl groups is 1. The first-order valence-electron chi connectivity index (χ1n) is 6.13. The fourth-order valence-corrected chi connectivity index (χ4v) is 2.59. The molecular formula is C13H14N2O5S. The lowest BCUT2D eigenvalue weighted by molar-refractivity contribution is -0.141. The molecule has 0 bridgehead atoms. The Balaban J connectivity index is 2.22. The standard InChI is InChI=1S/C13H14N2O5S/c1-6(16)9(13(18)19)14-11(17)10-7(2)21-12(15-10)8-4-3-5-20-8/h3-6,9,16H,1-2H3,(H,14,17)(H,18,19). The van der Waals surface area contributed by atoms with Crippen molar-refractivity contribution < 1.29 is 24.2 Å². The zero-order valence-electron chi connectivity index (χ0n) is 11.4. The molecule has 0 fully saturated rings. The molecule has 2 aromatic heterocycles. The van der Waals surface area contributed by atoms with Gasteiger partial charge < -0.3 is 19.9 Å². The summed E-state index contributed by atoms with van der Waals surface area (Å²) in [5, 5.41) is 21.1. The SMILES string of the molecule is Cc1sc(-c2ccco2)nc1C(=O)NC(C(=O)O)C(C)O. The summed E-state index contributed by atoms with van der Waals surface area (Å²) in [7, 11) is 0. The van der Waals surface area contributed by atoms with Crippen molar-refractivity contribution >= 4 is 23.2 Å². The smallest absolute Gasteiger partial charge is 0.328 e. The van der Waals surface area contributed by atoms with Gasteiger partial charge in [-0.3, -0.25) is 4.79 Å². The molecule has 0 radical (unpaired) electrons. The highest BCUT2D eigenvalue weighted by atomic mass is 32.1. The molecule has 0 aliphatic rings. The molecule has 3 N–H and O–H groups in total. The van der Waals surface area contributed by atoms with Crippen LogP contribution >= 0.6 is 11.3 Å². The molecule has 0 spiro atoms. The molecule has 0 saturated carbocycles. The third-order valence-corrected chi connectivity index (χ3v) is 3.76. The second-order valence-corrected chi connectivity index (χ2v) is 5.63. The number of aliphatic carboxylic acids is 1. The fraction of sp³-hybridized carbons (Fsp3) is 0.308. The van der Waals surface area contributed by atoms with Crippen molar-refractivity contribution in [2.45, 2.75) is 26.0 Å². The van der Waals surface area contributed by atoms with Gasteiger partial charge >= 0.3 is 5.97 Å². The van der Waals surface area contributed by atoms with Crippen LogP contribution in [0.3, 0.4) is 0 Å². The summed E-state index contributed by atoms with van der Waals surface area (Å²) in [5.74, 6) is -1.42. The van der Waals surface area contributed by atoms with E-state index in [-0.39, 0.29) is 5.69 Å². The highest BCUT2D eigenvalue weighted by Gasteiger charge is 2.27. The van der Waals surface area contributed by atoms with Gasteiger partial charge in [0.25, 0.3) is 5.91 Å². The maximum atomic E-state index is 12.1. The fourth-order valence-electron chi connectivity index (χ4n) is 1.71. The first kappa shape index (κ1) is 15.2. The second kappa shape index (κ2) is 6.06. The number of carboxylic acids is 1. The Morgan fingerprint density at radius 3 is 2.71 bits per heavy atom. The quantitative estimate of drug-likeness (QED) is 0.766.